The third kappa shape index (κ3) is 3.94. The average Bonchev–Trinajstić information content (AvgIpc) is 2.48. The van der Waals surface area contributed by atoms with E-state index in [9.17, 15) is 14.9 Å². The van der Waals surface area contributed by atoms with Gasteiger partial charge in [-0.3, -0.25) is 14.9 Å². The lowest BCUT2D eigenvalue weighted by molar-refractivity contribution is -0.384. The van der Waals surface area contributed by atoms with Crippen LogP contribution >= 0.6 is 34.4 Å². The summed E-state index contributed by atoms with van der Waals surface area (Å²) in [7, 11) is 0. The van der Waals surface area contributed by atoms with Crippen LogP contribution in [0.3, 0.4) is 0 Å². The minimum atomic E-state index is -0.514. The van der Waals surface area contributed by atoms with Crippen molar-refractivity contribution in [2.45, 2.75) is 4.90 Å². The van der Waals surface area contributed by atoms with Gasteiger partial charge in [-0.25, -0.2) is 0 Å². The number of halogens is 1. The van der Waals surface area contributed by atoms with Crippen LogP contribution in [0.15, 0.2) is 47.4 Å². The summed E-state index contributed by atoms with van der Waals surface area (Å²) >= 11 is 3.59. The molecule has 0 saturated carbocycles. The van der Waals surface area contributed by atoms with E-state index in [1.165, 1.54) is 12.1 Å². The number of non-ortho nitro benzene ring substituents is 1. The van der Waals surface area contributed by atoms with Gasteiger partial charge in [-0.05, 0) is 59.2 Å². The lowest BCUT2D eigenvalue weighted by Gasteiger charge is -2.07. The molecule has 7 heteroatoms. The Kier molecular flexibility index (Phi) is 5.18. The van der Waals surface area contributed by atoms with Gasteiger partial charge in [0.2, 0.25) is 0 Å². The molecule has 0 bridgehead atoms. The summed E-state index contributed by atoms with van der Waals surface area (Å²) < 4.78 is 0.663. The second kappa shape index (κ2) is 6.90. The number of rotatable bonds is 4. The van der Waals surface area contributed by atoms with E-state index in [2.05, 4.69) is 5.32 Å². The van der Waals surface area contributed by atoms with Gasteiger partial charge in [-0.1, -0.05) is 0 Å². The van der Waals surface area contributed by atoms with Gasteiger partial charge in [0.05, 0.1) is 10.5 Å². The molecule has 0 saturated heterocycles. The van der Waals surface area contributed by atoms with Crippen LogP contribution in [0.2, 0.25) is 0 Å². The number of benzene rings is 2. The smallest absolute Gasteiger partial charge is 0.270 e. The maximum Gasteiger partial charge on any atom is 0.270 e. The summed E-state index contributed by atoms with van der Waals surface area (Å²) in [6.45, 7) is 0. The van der Waals surface area contributed by atoms with Crippen molar-refractivity contribution in [1.82, 2.24) is 0 Å². The zero-order valence-electron chi connectivity index (χ0n) is 11.0. The first kappa shape index (κ1) is 15.8. The first-order valence-corrected chi connectivity index (χ1v) is 8.21. The molecule has 0 aliphatic carbocycles. The number of carbonyl (C=O) groups excluding carboxylic acids is 1. The molecule has 0 atom stereocenters. The highest BCUT2D eigenvalue weighted by Crippen LogP contribution is 2.22. The molecule has 2 rings (SSSR count). The van der Waals surface area contributed by atoms with Gasteiger partial charge in [0.15, 0.2) is 0 Å². The highest BCUT2D eigenvalue weighted by atomic mass is 127. The van der Waals surface area contributed by atoms with Gasteiger partial charge >= 0.3 is 0 Å². The number of anilines is 1. The summed E-state index contributed by atoms with van der Waals surface area (Å²) in [5, 5.41) is 13.5. The minimum absolute atomic E-state index is 0.0988. The summed E-state index contributed by atoms with van der Waals surface area (Å²) in [6.07, 6.45) is 1.97. The zero-order chi connectivity index (χ0) is 15.4. The van der Waals surface area contributed by atoms with Crippen LogP contribution in [-0.4, -0.2) is 17.1 Å². The Balaban J connectivity index is 2.23. The average molecular weight is 414 g/mol. The molecule has 21 heavy (non-hydrogen) atoms. The number of carbonyl (C=O) groups is 1. The minimum Gasteiger partial charge on any atom is -0.322 e. The number of amides is 1. The number of nitrogens with one attached hydrogen (secondary N) is 1. The van der Waals surface area contributed by atoms with Gasteiger partial charge in [-0.15, -0.1) is 11.8 Å². The van der Waals surface area contributed by atoms with E-state index in [1.54, 1.807) is 30.0 Å². The largest absolute Gasteiger partial charge is 0.322 e. The quantitative estimate of drug-likeness (QED) is 0.353. The maximum absolute atomic E-state index is 12.2. The number of hydrogen-bond acceptors (Lipinski definition) is 4. The van der Waals surface area contributed by atoms with Crippen LogP contribution in [-0.2, 0) is 0 Å². The maximum atomic E-state index is 12.2. The van der Waals surface area contributed by atoms with Crippen molar-refractivity contribution in [1.29, 1.82) is 0 Å². The van der Waals surface area contributed by atoms with E-state index in [4.69, 9.17) is 0 Å². The number of nitro benzene ring substituents is 1. The summed E-state index contributed by atoms with van der Waals surface area (Å²) in [4.78, 5) is 23.6. The molecule has 1 N–H and O–H groups in total. The van der Waals surface area contributed by atoms with Gasteiger partial charge < -0.3 is 5.32 Å². The Labute approximate surface area is 139 Å². The molecule has 1 amide bonds. The van der Waals surface area contributed by atoms with Crippen LogP contribution in [0.1, 0.15) is 10.4 Å². The molecular formula is C14H11IN2O3S. The van der Waals surface area contributed by atoms with E-state index in [1.807, 2.05) is 41.0 Å². The molecule has 108 valence electrons. The van der Waals surface area contributed by atoms with Crippen molar-refractivity contribution in [3.05, 3.63) is 61.7 Å². The van der Waals surface area contributed by atoms with Crippen LogP contribution in [0.25, 0.3) is 0 Å². The third-order valence-corrected chi connectivity index (χ3v) is 4.44. The number of nitrogens with zero attached hydrogens (tertiary/aromatic N) is 1. The van der Waals surface area contributed by atoms with Crippen molar-refractivity contribution in [2.75, 3.05) is 11.6 Å². The third-order valence-electron chi connectivity index (χ3n) is 2.75. The molecule has 0 fully saturated rings. The molecule has 2 aromatic carbocycles. The first-order valence-electron chi connectivity index (χ1n) is 5.90. The van der Waals surface area contributed by atoms with Crippen molar-refractivity contribution >= 4 is 51.6 Å². The molecular weight excluding hydrogens is 403 g/mol. The molecule has 0 aliphatic heterocycles. The highest BCUT2D eigenvalue weighted by Gasteiger charge is 2.15. The number of hydrogen-bond donors (Lipinski definition) is 1. The Morgan fingerprint density at radius 3 is 2.48 bits per heavy atom. The monoisotopic (exact) mass is 414 g/mol. The van der Waals surface area contributed by atoms with Gasteiger partial charge in [-0.2, -0.15) is 0 Å². The van der Waals surface area contributed by atoms with Gasteiger partial charge in [0, 0.05) is 26.3 Å². The molecule has 0 spiro atoms. The van der Waals surface area contributed by atoms with Crippen LogP contribution < -0.4 is 5.32 Å². The Morgan fingerprint density at radius 2 is 1.90 bits per heavy atom. The van der Waals surface area contributed by atoms with Gasteiger partial charge in [0.25, 0.3) is 11.6 Å². The van der Waals surface area contributed by atoms with Crippen molar-refractivity contribution in [3.8, 4) is 0 Å². The Hall–Kier alpha value is -1.61. The van der Waals surface area contributed by atoms with Crippen molar-refractivity contribution in [2.24, 2.45) is 0 Å². The molecule has 0 unspecified atom stereocenters. The van der Waals surface area contributed by atoms with E-state index >= 15 is 0 Å². The summed E-state index contributed by atoms with van der Waals surface area (Å²) in [5.74, 6) is -0.361. The van der Waals surface area contributed by atoms with Crippen molar-refractivity contribution in [3.63, 3.8) is 0 Å². The standard InChI is InChI=1S/C14H11IN2O3S/c1-21-11-5-2-9(3-6-11)16-14(18)12-8-10(17(19)20)4-7-13(12)15/h2-8H,1H3,(H,16,18). The van der Waals surface area contributed by atoms with E-state index in [0.29, 0.717) is 14.8 Å². The molecule has 0 aliphatic rings. The highest BCUT2D eigenvalue weighted by molar-refractivity contribution is 14.1. The molecule has 2 aromatic rings. The van der Waals surface area contributed by atoms with E-state index < -0.39 is 4.92 Å². The predicted octanol–water partition coefficient (Wildman–Crippen LogP) is 4.17. The SMILES string of the molecule is CSc1ccc(NC(=O)c2cc([N+](=O)[O-])ccc2I)cc1. The molecule has 0 aromatic heterocycles. The molecule has 0 radical (unpaired) electrons. The fourth-order valence-electron chi connectivity index (χ4n) is 1.67. The lowest BCUT2D eigenvalue weighted by atomic mass is 10.2. The second-order valence-electron chi connectivity index (χ2n) is 4.10. The zero-order valence-corrected chi connectivity index (χ0v) is 14.0. The lowest BCUT2D eigenvalue weighted by Crippen LogP contribution is -2.13. The molecule has 0 heterocycles. The fraction of sp³-hybridized carbons (Fsp3) is 0.0714. The van der Waals surface area contributed by atoms with Crippen LogP contribution in [0.4, 0.5) is 11.4 Å². The summed E-state index contributed by atoms with van der Waals surface area (Å²) in [5.41, 5.74) is 0.845. The number of thioether (sulfide) groups is 1. The Morgan fingerprint density at radius 1 is 1.24 bits per heavy atom. The normalized spacial score (nSPS) is 10.2. The Bertz CT molecular complexity index is 689. The molecule has 5 nitrogen and oxygen atoms in total. The van der Waals surface area contributed by atoms with Crippen LogP contribution in [0.5, 0.6) is 0 Å². The summed E-state index contributed by atoms with van der Waals surface area (Å²) in [6, 6.07) is 11.6. The van der Waals surface area contributed by atoms with E-state index in [-0.39, 0.29) is 11.6 Å². The van der Waals surface area contributed by atoms with Crippen LogP contribution in [0, 0.1) is 13.7 Å². The van der Waals surface area contributed by atoms with Crippen molar-refractivity contribution < 1.29 is 9.72 Å². The fourth-order valence-corrected chi connectivity index (χ4v) is 2.66. The number of nitro groups is 1. The van der Waals surface area contributed by atoms with Gasteiger partial charge in [0.1, 0.15) is 0 Å². The predicted molar refractivity (Wildman–Crippen MR) is 92.0 cm³/mol. The first-order chi connectivity index (χ1) is 10.0. The topological polar surface area (TPSA) is 72.2 Å². The van der Waals surface area contributed by atoms with E-state index in [0.717, 1.165) is 4.90 Å². The second-order valence-corrected chi connectivity index (χ2v) is 6.15.